The van der Waals surface area contributed by atoms with Crippen molar-refractivity contribution in [2.45, 2.75) is 4.90 Å². The normalized spacial score (nSPS) is 15.0. The fraction of sp³-hybridized carbons (Fsp3) is 0.250. The van der Waals surface area contributed by atoms with Crippen molar-refractivity contribution in [3.8, 4) is 0 Å². The minimum atomic E-state index is 0.0269. The van der Waals surface area contributed by atoms with Gasteiger partial charge < -0.3 is 9.64 Å². The van der Waals surface area contributed by atoms with Crippen LogP contribution < -0.4 is 4.90 Å². The molecule has 0 spiro atoms. The maximum atomic E-state index is 12.4. The predicted molar refractivity (Wildman–Crippen MR) is 101 cm³/mol. The third kappa shape index (κ3) is 4.28. The Morgan fingerprint density at radius 3 is 2.58 bits per heavy atom. The van der Waals surface area contributed by atoms with Crippen LogP contribution in [0.4, 0.5) is 5.69 Å². The molecule has 3 nitrogen and oxygen atoms in total. The highest BCUT2D eigenvalue weighted by atomic mass is 32.2. The Balaban J connectivity index is 1.70. The standard InChI is InChI=1S/C20H21NO2S/c1-24-19-8-5-16(6-9-19)7-10-20(22)17-3-2-4-18(15-17)21-11-13-23-14-12-21/h2-10,15H,11-14H2,1H3. The van der Waals surface area contributed by atoms with Crippen LogP contribution in [0.5, 0.6) is 0 Å². The molecule has 1 saturated heterocycles. The quantitative estimate of drug-likeness (QED) is 0.465. The van der Waals surface area contributed by atoms with Crippen LogP contribution in [0.2, 0.25) is 0 Å². The van der Waals surface area contributed by atoms with Crippen LogP contribution in [-0.4, -0.2) is 38.3 Å². The second-order valence-corrected chi connectivity index (χ2v) is 6.50. The van der Waals surface area contributed by atoms with E-state index in [9.17, 15) is 4.79 Å². The molecule has 2 aromatic rings. The van der Waals surface area contributed by atoms with Gasteiger partial charge in [0.15, 0.2) is 5.78 Å². The molecular weight excluding hydrogens is 318 g/mol. The van der Waals surface area contributed by atoms with E-state index in [1.165, 1.54) is 4.90 Å². The number of hydrogen-bond acceptors (Lipinski definition) is 4. The molecule has 0 unspecified atom stereocenters. The van der Waals surface area contributed by atoms with E-state index >= 15 is 0 Å². The number of carbonyl (C=O) groups excluding carboxylic acids is 1. The fourth-order valence-corrected chi connectivity index (χ4v) is 3.07. The van der Waals surface area contributed by atoms with E-state index in [-0.39, 0.29) is 5.78 Å². The first-order chi connectivity index (χ1) is 11.8. The molecule has 124 valence electrons. The van der Waals surface area contributed by atoms with Crippen LogP contribution in [0.3, 0.4) is 0 Å². The summed E-state index contributed by atoms with van der Waals surface area (Å²) in [7, 11) is 0. The van der Waals surface area contributed by atoms with Crippen molar-refractivity contribution in [1.29, 1.82) is 0 Å². The number of nitrogens with zero attached hydrogens (tertiary/aromatic N) is 1. The lowest BCUT2D eigenvalue weighted by Crippen LogP contribution is -2.36. The van der Waals surface area contributed by atoms with Gasteiger partial charge in [-0.15, -0.1) is 11.8 Å². The number of benzene rings is 2. The van der Waals surface area contributed by atoms with Gasteiger partial charge in [0.25, 0.3) is 0 Å². The molecule has 1 aliphatic heterocycles. The van der Waals surface area contributed by atoms with Gasteiger partial charge in [0.1, 0.15) is 0 Å². The van der Waals surface area contributed by atoms with Gasteiger partial charge in [0.05, 0.1) is 13.2 Å². The molecule has 2 aromatic carbocycles. The van der Waals surface area contributed by atoms with Gasteiger partial charge in [0.2, 0.25) is 0 Å². The first-order valence-electron chi connectivity index (χ1n) is 8.05. The molecule has 0 radical (unpaired) electrons. The Kier molecular flexibility index (Phi) is 5.72. The van der Waals surface area contributed by atoms with E-state index in [0.29, 0.717) is 0 Å². The van der Waals surface area contributed by atoms with Crippen LogP contribution >= 0.6 is 11.8 Å². The molecule has 3 rings (SSSR count). The molecule has 0 atom stereocenters. The Labute approximate surface area is 147 Å². The van der Waals surface area contributed by atoms with Gasteiger partial charge in [-0.3, -0.25) is 4.79 Å². The van der Waals surface area contributed by atoms with Crippen LogP contribution in [0.1, 0.15) is 15.9 Å². The second kappa shape index (κ2) is 8.18. The zero-order valence-electron chi connectivity index (χ0n) is 13.8. The monoisotopic (exact) mass is 339 g/mol. The second-order valence-electron chi connectivity index (χ2n) is 5.62. The number of rotatable bonds is 5. The van der Waals surface area contributed by atoms with E-state index in [1.807, 2.05) is 42.5 Å². The number of carbonyl (C=O) groups is 1. The summed E-state index contributed by atoms with van der Waals surface area (Å²) in [5.74, 6) is 0.0269. The minimum absolute atomic E-state index is 0.0269. The van der Waals surface area contributed by atoms with E-state index in [1.54, 1.807) is 17.8 Å². The number of morpholine rings is 1. The lowest BCUT2D eigenvalue weighted by atomic mass is 10.1. The van der Waals surface area contributed by atoms with Crippen LogP contribution in [0, 0.1) is 0 Å². The van der Waals surface area contributed by atoms with E-state index < -0.39 is 0 Å². The average Bonchev–Trinajstić information content (AvgIpc) is 2.67. The zero-order valence-corrected chi connectivity index (χ0v) is 14.6. The maximum Gasteiger partial charge on any atom is 0.185 e. The number of hydrogen-bond donors (Lipinski definition) is 0. The molecule has 1 heterocycles. The van der Waals surface area contributed by atoms with Gasteiger partial charge in [-0.25, -0.2) is 0 Å². The van der Waals surface area contributed by atoms with Crippen molar-refractivity contribution >= 4 is 29.3 Å². The summed E-state index contributed by atoms with van der Waals surface area (Å²) in [6, 6.07) is 16.0. The minimum Gasteiger partial charge on any atom is -0.378 e. The fourth-order valence-electron chi connectivity index (χ4n) is 2.66. The molecule has 0 N–H and O–H groups in total. The number of ketones is 1. The number of thioether (sulfide) groups is 1. The topological polar surface area (TPSA) is 29.5 Å². The number of ether oxygens (including phenoxy) is 1. The van der Waals surface area contributed by atoms with Gasteiger partial charge >= 0.3 is 0 Å². The van der Waals surface area contributed by atoms with Gasteiger partial charge in [-0.05, 0) is 42.2 Å². The lowest BCUT2D eigenvalue weighted by molar-refractivity contribution is 0.104. The SMILES string of the molecule is CSc1ccc(C=CC(=O)c2cccc(N3CCOCC3)c2)cc1. The Hall–Kier alpha value is -2.04. The Morgan fingerprint density at radius 1 is 1.12 bits per heavy atom. The molecule has 24 heavy (non-hydrogen) atoms. The highest BCUT2D eigenvalue weighted by molar-refractivity contribution is 7.98. The van der Waals surface area contributed by atoms with E-state index in [4.69, 9.17) is 4.74 Å². The predicted octanol–water partition coefficient (Wildman–Crippen LogP) is 4.14. The highest BCUT2D eigenvalue weighted by Gasteiger charge is 2.12. The highest BCUT2D eigenvalue weighted by Crippen LogP contribution is 2.19. The summed E-state index contributed by atoms with van der Waals surface area (Å²) in [5.41, 5.74) is 2.84. The van der Waals surface area contributed by atoms with Gasteiger partial charge in [0, 0.05) is 29.2 Å². The molecule has 4 heteroatoms. The average molecular weight is 339 g/mol. The van der Waals surface area contributed by atoms with Crippen molar-refractivity contribution in [2.75, 3.05) is 37.5 Å². The summed E-state index contributed by atoms with van der Waals surface area (Å²) in [5, 5.41) is 0. The summed E-state index contributed by atoms with van der Waals surface area (Å²) in [4.78, 5) is 15.9. The maximum absolute atomic E-state index is 12.4. The van der Waals surface area contributed by atoms with Crippen LogP contribution in [0.25, 0.3) is 6.08 Å². The molecule has 0 bridgehead atoms. The van der Waals surface area contributed by atoms with Crippen molar-refractivity contribution in [2.24, 2.45) is 0 Å². The van der Waals surface area contributed by atoms with E-state index in [0.717, 1.165) is 43.1 Å². The molecule has 0 aromatic heterocycles. The molecule has 1 fully saturated rings. The smallest absolute Gasteiger partial charge is 0.185 e. The van der Waals surface area contributed by atoms with Crippen LogP contribution in [0.15, 0.2) is 59.5 Å². The van der Waals surface area contributed by atoms with Gasteiger partial charge in [-0.2, -0.15) is 0 Å². The van der Waals surface area contributed by atoms with Crippen molar-refractivity contribution in [3.05, 3.63) is 65.7 Å². The van der Waals surface area contributed by atoms with E-state index in [2.05, 4.69) is 23.3 Å². The van der Waals surface area contributed by atoms with Crippen molar-refractivity contribution in [3.63, 3.8) is 0 Å². The molecule has 1 aliphatic rings. The third-order valence-electron chi connectivity index (χ3n) is 4.05. The largest absolute Gasteiger partial charge is 0.378 e. The zero-order chi connectivity index (χ0) is 16.8. The summed E-state index contributed by atoms with van der Waals surface area (Å²) in [6.07, 6.45) is 5.57. The molecular formula is C20H21NO2S. The van der Waals surface area contributed by atoms with Crippen molar-refractivity contribution in [1.82, 2.24) is 0 Å². The Bertz CT molecular complexity index is 719. The van der Waals surface area contributed by atoms with Crippen molar-refractivity contribution < 1.29 is 9.53 Å². The third-order valence-corrected chi connectivity index (χ3v) is 4.79. The molecule has 0 saturated carbocycles. The first kappa shape index (κ1) is 16.8. The lowest BCUT2D eigenvalue weighted by Gasteiger charge is -2.29. The summed E-state index contributed by atoms with van der Waals surface area (Å²) < 4.78 is 5.38. The molecule has 0 amide bonds. The van der Waals surface area contributed by atoms with Crippen LogP contribution in [-0.2, 0) is 4.74 Å². The van der Waals surface area contributed by atoms with Gasteiger partial charge in [-0.1, -0.05) is 30.3 Å². The summed E-state index contributed by atoms with van der Waals surface area (Å²) in [6.45, 7) is 3.22. The Morgan fingerprint density at radius 2 is 1.88 bits per heavy atom. The summed E-state index contributed by atoms with van der Waals surface area (Å²) >= 11 is 1.71. The number of anilines is 1. The molecule has 0 aliphatic carbocycles. The number of allylic oxidation sites excluding steroid dienone is 1. The first-order valence-corrected chi connectivity index (χ1v) is 9.28.